The maximum Gasteiger partial charge on any atom is 0.257 e. The van der Waals surface area contributed by atoms with Crippen LogP contribution in [-0.4, -0.2) is 35.4 Å². The van der Waals surface area contributed by atoms with Gasteiger partial charge in [-0.15, -0.1) is 0 Å². The van der Waals surface area contributed by atoms with Crippen LogP contribution < -0.4 is 5.32 Å². The lowest BCUT2D eigenvalue weighted by Crippen LogP contribution is -2.31. The monoisotopic (exact) mass is 235 g/mol. The number of anilines is 1. The first-order chi connectivity index (χ1) is 8.24. The standard InChI is InChI=1S/C13H21N3O/c1-4-8-15-12-7-9-14-10-11(12)13(17)16(5-2)6-3/h7,9-10H,4-6,8H2,1-3H3,(H,14,15). The van der Waals surface area contributed by atoms with Crippen LogP contribution in [0.1, 0.15) is 37.6 Å². The molecule has 1 amide bonds. The van der Waals surface area contributed by atoms with E-state index in [9.17, 15) is 4.79 Å². The quantitative estimate of drug-likeness (QED) is 0.823. The van der Waals surface area contributed by atoms with E-state index in [1.807, 2.05) is 19.9 Å². The molecule has 94 valence electrons. The Morgan fingerprint density at radius 1 is 1.35 bits per heavy atom. The predicted octanol–water partition coefficient (Wildman–Crippen LogP) is 2.39. The third kappa shape index (κ3) is 3.44. The van der Waals surface area contributed by atoms with Crippen molar-refractivity contribution in [2.45, 2.75) is 27.2 Å². The molecule has 0 fully saturated rings. The van der Waals surface area contributed by atoms with E-state index in [0.717, 1.165) is 31.7 Å². The van der Waals surface area contributed by atoms with E-state index >= 15 is 0 Å². The van der Waals surface area contributed by atoms with Crippen LogP contribution in [-0.2, 0) is 0 Å². The van der Waals surface area contributed by atoms with Crippen LogP contribution in [0, 0.1) is 0 Å². The number of rotatable bonds is 6. The van der Waals surface area contributed by atoms with Crippen LogP contribution in [0.3, 0.4) is 0 Å². The summed E-state index contributed by atoms with van der Waals surface area (Å²) >= 11 is 0. The van der Waals surface area contributed by atoms with Crippen molar-refractivity contribution >= 4 is 11.6 Å². The highest BCUT2D eigenvalue weighted by atomic mass is 16.2. The highest BCUT2D eigenvalue weighted by molar-refractivity contribution is 5.99. The first-order valence-corrected chi connectivity index (χ1v) is 6.21. The number of pyridine rings is 1. The number of hydrogen-bond acceptors (Lipinski definition) is 3. The zero-order chi connectivity index (χ0) is 12.7. The molecule has 0 saturated heterocycles. The molecule has 0 radical (unpaired) electrons. The summed E-state index contributed by atoms with van der Waals surface area (Å²) in [5.74, 6) is 0.0432. The molecule has 1 N–H and O–H groups in total. The molecule has 0 aliphatic rings. The summed E-state index contributed by atoms with van der Waals surface area (Å²) in [6.07, 6.45) is 4.37. The van der Waals surface area contributed by atoms with Crippen molar-refractivity contribution in [2.24, 2.45) is 0 Å². The van der Waals surface area contributed by atoms with Gasteiger partial charge in [-0.05, 0) is 26.3 Å². The van der Waals surface area contributed by atoms with Gasteiger partial charge in [0.25, 0.3) is 5.91 Å². The summed E-state index contributed by atoms with van der Waals surface area (Å²) in [4.78, 5) is 18.1. The zero-order valence-electron chi connectivity index (χ0n) is 10.9. The van der Waals surface area contributed by atoms with Gasteiger partial charge in [-0.1, -0.05) is 6.92 Å². The molecule has 0 unspecified atom stereocenters. The second-order valence-electron chi connectivity index (χ2n) is 3.83. The molecule has 17 heavy (non-hydrogen) atoms. The predicted molar refractivity (Wildman–Crippen MR) is 70.3 cm³/mol. The van der Waals surface area contributed by atoms with Crippen LogP contribution in [0.5, 0.6) is 0 Å². The first kappa shape index (κ1) is 13.5. The highest BCUT2D eigenvalue weighted by Gasteiger charge is 2.16. The van der Waals surface area contributed by atoms with Gasteiger partial charge < -0.3 is 10.2 Å². The molecule has 1 heterocycles. The molecule has 0 aliphatic heterocycles. The van der Waals surface area contributed by atoms with E-state index in [1.54, 1.807) is 17.3 Å². The van der Waals surface area contributed by atoms with E-state index in [1.165, 1.54) is 0 Å². The average Bonchev–Trinajstić information content (AvgIpc) is 2.38. The van der Waals surface area contributed by atoms with Crippen LogP contribution in [0.25, 0.3) is 0 Å². The number of carbonyl (C=O) groups is 1. The molecule has 1 rings (SSSR count). The van der Waals surface area contributed by atoms with Gasteiger partial charge in [-0.25, -0.2) is 0 Å². The van der Waals surface area contributed by atoms with Gasteiger partial charge in [-0.3, -0.25) is 9.78 Å². The second kappa shape index (κ2) is 6.89. The fourth-order valence-corrected chi connectivity index (χ4v) is 1.66. The van der Waals surface area contributed by atoms with E-state index in [2.05, 4.69) is 17.2 Å². The minimum Gasteiger partial charge on any atom is -0.384 e. The number of nitrogens with one attached hydrogen (secondary N) is 1. The third-order valence-electron chi connectivity index (χ3n) is 2.67. The van der Waals surface area contributed by atoms with Crippen molar-refractivity contribution in [3.63, 3.8) is 0 Å². The molecule has 1 aromatic heterocycles. The lowest BCUT2D eigenvalue weighted by Gasteiger charge is -2.20. The smallest absolute Gasteiger partial charge is 0.257 e. The Balaban J connectivity index is 2.91. The molecule has 0 bridgehead atoms. The topological polar surface area (TPSA) is 45.2 Å². The van der Waals surface area contributed by atoms with E-state index < -0.39 is 0 Å². The molecule has 1 aromatic rings. The van der Waals surface area contributed by atoms with Crippen LogP contribution >= 0.6 is 0 Å². The molecule has 0 aliphatic carbocycles. The Kier molecular flexibility index (Phi) is 5.46. The molecule has 0 spiro atoms. The van der Waals surface area contributed by atoms with Crippen molar-refractivity contribution in [1.29, 1.82) is 0 Å². The average molecular weight is 235 g/mol. The zero-order valence-corrected chi connectivity index (χ0v) is 10.9. The summed E-state index contributed by atoms with van der Waals surface area (Å²) in [6.45, 7) is 8.37. The Morgan fingerprint density at radius 2 is 2.06 bits per heavy atom. The molecule has 0 saturated carbocycles. The minimum absolute atomic E-state index is 0.0432. The van der Waals surface area contributed by atoms with E-state index in [-0.39, 0.29) is 5.91 Å². The van der Waals surface area contributed by atoms with Gasteiger partial charge >= 0.3 is 0 Å². The van der Waals surface area contributed by atoms with E-state index in [0.29, 0.717) is 5.56 Å². The van der Waals surface area contributed by atoms with Gasteiger partial charge in [0.2, 0.25) is 0 Å². The largest absolute Gasteiger partial charge is 0.384 e. The maximum atomic E-state index is 12.2. The highest BCUT2D eigenvalue weighted by Crippen LogP contribution is 2.15. The van der Waals surface area contributed by atoms with Crippen molar-refractivity contribution in [1.82, 2.24) is 9.88 Å². The molecular weight excluding hydrogens is 214 g/mol. The fourth-order valence-electron chi connectivity index (χ4n) is 1.66. The maximum absolute atomic E-state index is 12.2. The number of aromatic nitrogens is 1. The lowest BCUT2D eigenvalue weighted by molar-refractivity contribution is 0.0773. The minimum atomic E-state index is 0.0432. The van der Waals surface area contributed by atoms with Crippen molar-refractivity contribution < 1.29 is 4.79 Å². The molecule has 0 aromatic carbocycles. The SMILES string of the molecule is CCCNc1ccncc1C(=O)N(CC)CC. The summed E-state index contributed by atoms with van der Waals surface area (Å²) < 4.78 is 0. The van der Waals surface area contributed by atoms with Crippen LogP contribution in [0.4, 0.5) is 5.69 Å². The summed E-state index contributed by atoms with van der Waals surface area (Å²) in [6, 6.07) is 1.85. The van der Waals surface area contributed by atoms with Gasteiger partial charge in [0.05, 0.1) is 11.3 Å². The Morgan fingerprint density at radius 3 is 2.65 bits per heavy atom. The summed E-state index contributed by atoms with van der Waals surface area (Å²) in [5, 5.41) is 3.26. The normalized spacial score (nSPS) is 10.1. The van der Waals surface area contributed by atoms with Crippen LogP contribution in [0.2, 0.25) is 0 Å². The van der Waals surface area contributed by atoms with Gasteiger partial charge in [0.15, 0.2) is 0 Å². The summed E-state index contributed by atoms with van der Waals surface area (Å²) in [5.41, 5.74) is 1.53. The van der Waals surface area contributed by atoms with Crippen molar-refractivity contribution in [3.05, 3.63) is 24.0 Å². The van der Waals surface area contributed by atoms with Crippen LogP contribution in [0.15, 0.2) is 18.5 Å². The Hall–Kier alpha value is -1.58. The summed E-state index contributed by atoms with van der Waals surface area (Å²) in [7, 11) is 0. The lowest BCUT2D eigenvalue weighted by atomic mass is 10.2. The molecule has 0 atom stereocenters. The third-order valence-corrected chi connectivity index (χ3v) is 2.67. The number of carbonyl (C=O) groups excluding carboxylic acids is 1. The number of amides is 1. The Bertz CT molecular complexity index is 361. The fraction of sp³-hybridized carbons (Fsp3) is 0.538. The molecule has 4 nitrogen and oxygen atoms in total. The van der Waals surface area contributed by atoms with Gasteiger partial charge in [0.1, 0.15) is 0 Å². The number of nitrogens with zero attached hydrogens (tertiary/aromatic N) is 2. The van der Waals surface area contributed by atoms with E-state index in [4.69, 9.17) is 0 Å². The second-order valence-corrected chi connectivity index (χ2v) is 3.83. The Labute approximate surface area is 103 Å². The van der Waals surface area contributed by atoms with Crippen molar-refractivity contribution in [3.8, 4) is 0 Å². The number of hydrogen-bond donors (Lipinski definition) is 1. The first-order valence-electron chi connectivity index (χ1n) is 6.21. The molecule has 4 heteroatoms. The van der Waals surface area contributed by atoms with Gasteiger partial charge in [0, 0.05) is 32.0 Å². The van der Waals surface area contributed by atoms with Crippen molar-refractivity contribution in [2.75, 3.05) is 25.0 Å². The molecular formula is C13H21N3O. The van der Waals surface area contributed by atoms with Gasteiger partial charge in [-0.2, -0.15) is 0 Å².